The Hall–Kier alpha value is -2.26. The molecule has 0 bridgehead atoms. The van der Waals surface area contributed by atoms with Crippen LogP contribution in [0.25, 0.3) is 0 Å². The number of alkyl carbamates (subject to hydrolysis) is 1. The quantitative estimate of drug-likeness (QED) is 0.561. The Morgan fingerprint density at radius 2 is 2.06 bits per heavy atom. The summed E-state index contributed by atoms with van der Waals surface area (Å²) in [5.74, 6) is 0.206. The molecule has 1 aliphatic rings. The first-order chi connectivity index (χ1) is 14.6. The number of nitrogens with zero attached hydrogens (tertiary/aromatic N) is 1. The number of rotatable bonds is 8. The lowest BCUT2D eigenvalue weighted by Gasteiger charge is -2.29. The van der Waals surface area contributed by atoms with Gasteiger partial charge in [0, 0.05) is 18.8 Å². The van der Waals surface area contributed by atoms with Gasteiger partial charge in [-0.05, 0) is 69.7 Å². The van der Waals surface area contributed by atoms with Crippen LogP contribution in [-0.4, -0.2) is 59.0 Å². The molecule has 9 heteroatoms. The number of nitrogens with two attached hydrogens (primary N) is 1. The van der Waals surface area contributed by atoms with E-state index in [1.54, 1.807) is 43.5 Å². The molecule has 0 saturated carbocycles. The van der Waals surface area contributed by atoms with E-state index in [0.29, 0.717) is 37.4 Å². The number of anilines is 1. The second-order valence-corrected chi connectivity index (χ2v) is 9.55. The van der Waals surface area contributed by atoms with Crippen LogP contribution in [0.4, 0.5) is 10.5 Å². The summed E-state index contributed by atoms with van der Waals surface area (Å²) in [6, 6.07) is 6.02. The van der Waals surface area contributed by atoms with Gasteiger partial charge in [0.1, 0.15) is 17.7 Å². The maximum Gasteiger partial charge on any atom is 0.408 e. The second kappa shape index (κ2) is 11.4. The van der Waals surface area contributed by atoms with E-state index in [9.17, 15) is 14.4 Å². The number of carbonyl (C=O) groups is 3. The highest BCUT2D eigenvalue weighted by Crippen LogP contribution is 2.22. The number of carbonyl (C=O) groups excluding carboxylic acids is 3. The largest absolute Gasteiger partial charge is 0.444 e. The van der Waals surface area contributed by atoms with Gasteiger partial charge in [-0.25, -0.2) is 4.79 Å². The van der Waals surface area contributed by atoms with Crippen LogP contribution in [-0.2, 0) is 20.9 Å². The summed E-state index contributed by atoms with van der Waals surface area (Å²) in [7, 11) is 0. The zero-order chi connectivity index (χ0) is 23.0. The number of benzene rings is 1. The van der Waals surface area contributed by atoms with Gasteiger partial charge in [-0.1, -0.05) is 12.1 Å². The van der Waals surface area contributed by atoms with Crippen LogP contribution in [0, 0.1) is 0 Å². The second-order valence-electron chi connectivity index (χ2n) is 8.56. The van der Waals surface area contributed by atoms with Crippen molar-refractivity contribution in [3.05, 3.63) is 29.8 Å². The first-order valence-corrected chi connectivity index (χ1v) is 11.9. The molecule has 2 rings (SSSR count). The summed E-state index contributed by atoms with van der Waals surface area (Å²) < 4.78 is 5.32. The third kappa shape index (κ3) is 7.74. The molecule has 31 heavy (non-hydrogen) atoms. The van der Waals surface area contributed by atoms with Crippen LogP contribution in [0.1, 0.15) is 45.6 Å². The minimum Gasteiger partial charge on any atom is -0.444 e. The van der Waals surface area contributed by atoms with Crippen molar-refractivity contribution in [3.8, 4) is 0 Å². The highest BCUT2D eigenvalue weighted by Gasteiger charge is 2.38. The van der Waals surface area contributed by atoms with Crippen LogP contribution >= 0.6 is 11.8 Å². The minimum atomic E-state index is -0.740. The number of hydrogen-bond acceptors (Lipinski definition) is 6. The summed E-state index contributed by atoms with van der Waals surface area (Å²) in [6.07, 6.45) is 3.08. The number of ether oxygens (including phenoxy) is 1. The summed E-state index contributed by atoms with van der Waals surface area (Å²) in [5.41, 5.74) is 6.57. The number of likely N-dealkylation sites (tertiary alicyclic amines) is 1. The predicted octanol–water partition coefficient (Wildman–Crippen LogP) is 2.72. The van der Waals surface area contributed by atoms with Gasteiger partial charge in [0.05, 0.1) is 0 Å². The fourth-order valence-corrected chi connectivity index (χ4v) is 3.92. The van der Waals surface area contributed by atoms with Crippen molar-refractivity contribution in [1.82, 2.24) is 10.2 Å². The van der Waals surface area contributed by atoms with Gasteiger partial charge in [-0.2, -0.15) is 11.8 Å². The number of nitrogens with one attached hydrogen (secondary N) is 2. The molecule has 1 aromatic rings. The zero-order valence-electron chi connectivity index (χ0n) is 18.8. The molecule has 0 aliphatic carbocycles. The molecule has 4 N–H and O–H groups in total. The standard InChI is InChI=1S/C22H34N4O4S/c1-22(2,3)30-21(29)25-17(10-12-31-4)20(28)26-11-6-9-18(26)19(27)24-16-8-5-7-15(13-16)14-23/h5,7-8,13,17-18H,6,9-12,14,23H2,1-4H3,(H,24,27)(H,25,29)/t17-,18-/m0/s1. The molecular weight excluding hydrogens is 416 g/mol. The van der Waals surface area contributed by atoms with Gasteiger partial charge < -0.3 is 26.0 Å². The van der Waals surface area contributed by atoms with Crippen molar-refractivity contribution >= 4 is 35.4 Å². The lowest BCUT2D eigenvalue weighted by molar-refractivity contribution is -0.138. The van der Waals surface area contributed by atoms with Gasteiger partial charge in [-0.3, -0.25) is 9.59 Å². The monoisotopic (exact) mass is 450 g/mol. The number of thioether (sulfide) groups is 1. The van der Waals surface area contributed by atoms with E-state index in [2.05, 4.69) is 10.6 Å². The van der Waals surface area contributed by atoms with Crippen molar-refractivity contribution < 1.29 is 19.1 Å². The Labute approximate surface area is 188 Å². The van der Waals surface area contributed by atoms with E-state index in [1.807, 2.05) is 24.5 Å². The molecule has 172 valence electrons. The fraction of sp³-hybridized carbons (Fsp3) is 0.591. The molecule has 2 atom stereocenters. The smallest absolute Gasteiger partial charge is 0.408 e. The first-order valence-electron chi connectivity index (χ1n) is 10.5. The van der Waals surface area contributed by atoms with Gasteiger partial charge in [-0.15, -0.1) is 0 Å². The van der Waals surface area contributed by atoms with E-state index in [1.165, 1.54) is 0 Å². The average Bonchev–Trinajstić information content (AvgIpc) is 3.19. The number of amides is 3. The molecule has 0 unspecified atom stereocenters. The van der Waals surface area contributed by atoms with Gasteiger partial charge in [0.25, 0.3) is 0 Å². The van der Waals surface area contributed by atoms with Crippen molar-refractivity contribution in [2.75, 3.05) is 23.9 Å². The van der Waals surface area contributed by atoms with Gasteiger partial charge in [0.15, 0.2) is 0 Å². The summed E-state index contributed by atoms with van der Waals surface area (Å²) in [4.78, 5) is 40.0. The van der Waals surface area contributed by atoms with Crippen molar-refractivity contribution in [2.24, 2.45) is 5.73 Å². The Bertz CT molecular complexity index is 781. The highest BCUT2D eigenvalue weighted by molar-refractivity contribution is 7.98. The van der Waals surface area contributed by atoms with E-state index >= 15 is 0 Å². The molecule has 1 heterocycles. The SMILES string of the molecule is CSCC[C@H](NC(=O)OC(C)(C)C)C(=O)N1CCC[C@H]1C(=O)Nc1cccc(CN)c1. The maximum atomic E-state index is 13.3. The Kier molecular flexibility index (Phi) is 9.18. The van der Waals surface area contributed by atoms with Gasteiger partial charge in [0.2, 0.25) is 11.8 Å². The normalized spacial score (nSPS) is 17.2. The molecule has 1 aromatic carbocycles. The Balaban J connectivity index is 2.09. The molecule has 1 fully saturated rings. The molecule has 0 spiro atoms. The summed E-state index contributed by atoms with van der Waals surface area (Å²) in [6.45, 7) is 6.17. The summed E-state index contributed by atoms with van der Waals surface area (Å²) >= 11 is 1.59. The zero-order valence-corrected chi connectivity index (χ0v) is 19.6. The van der Waals surface area contributed by atoms with E-state index in [0.717, 1.165) is 12.0 Å². The highest BCUT2D eigenvalue weighted by atomic mass is 32.2. The van der Waals surface area contributed by atoms with Crippen LogP contribution in [0.3, 0.4) is 0 Å². The summed E-state index contributed by atoms with van der Waals surface area (Å²) in [5, 5.41) is 5.59. The molecule has 0 aromatic heterocycles. The van der Waals surface area contributed by atoms with Crippen LogP contribution in [0.2, 0.25) is 0 Å². The minimum absolute atomic E-state index is 0.235. The third-order valence-corrected chi connectivity index (χ3v) is 5.51. The average molecular weight is 451 g/mol. The van der Waals surface area contributed by atoms with Gasteiger partial charge >= 0.3 is 6.09 Å². The van der Waals surface area contributed by atoms with E-state index in [-0.39, 0.29) is 11.8 Å². The molecule has 8 nitrogen and oxygen atoms in total. The Morgan fingerprint density at radius 3 is 2.71 bits per heavy atom. The topological polar surface area (TPSA) is 114 Å². The predicted molar refractivity (Wildman–Crippen MR) is 124 cm³/mol. The van der Waals surface area contributed by atoms with Crippen molar-refractivity contribution in [3.63, 3.8) is 0 Å². The lowest BCUT2D eigenvalue weighted by atomic mass is 10.1. The van der Waals surface area contributed by atoms with Crippen LogP contribution in [0.15, 0.2) is 24.3 Å². The third-order valence-electron chi connectivity index (χ3n) is 4.87. The molecule has 1 saturated heterocycles. The van der Waals surface area contributed by atoms with E-state index in [4.69, 9.17) is 10.5 Å². The Morgan fingerprint density at radius 1 is 1.32 bits per heavy atom. The molecule has 0 radical (unpaired) electrons. The van der Waals surface area contributed by atoms with Crippen LogP contribution in [0.5, 0.6) is 0 Å². The van der Waals surface area contributed by atoms with Crippen LogP contribution < -0.4 is 16.4 Å². The lowest BCUT2D eigenvalue weighted by Crippen LogP contribution is -2.53. The molecular formula is C22H34N4O4S. The van der Waals surface area contributed by atoms with E-state index < -0.39 is 23.8 Å². The first kappa shape index (κ1) is 25.0. The number of hydrogen-bond donors (Lipinski definition) is 3. The van der Waals surface area contributed by atoms with Crippen molar-refractivity contribution in [2.45, 2.75) is 64.3 Å². The van der Waals surface area contributed by atoms with Crippen molar-refractivity contribution in [1.29, 1.82) is 0 Å². The molecule has 1 aliphatic heterocycles. The maximum absolute atomic E-state index is 13.3. The molecule has 3 amide bonds. The fourth-order valence-electron chi connectivity index (χ4n) is 3.45.